The van der Waals surface area contributed by atoms with Gasteiger partial charge in [0.15, 0.2) is 0 Å². The minimum Gasteiger partial charge on any atom is -0.393 e. The van der Waals surface area contributed by atoms with Crippen molar-refractivity contribution in [2.24, 2.45) is 11.7 Å². The van der Waals surface area contributed by atoms with Gasteiger partial charge >= 0.3 is 0 Å². The highest BCUT2D eigenvalue weighted by atomic mass is 16.3. The molecule has 0 aromatic carbocycles. The predicted octanol–water partition coefficient (Wildman–Crippen LogP) is 0.165. The zero-order chi connectivity index (χ0) is 6.73. The molecule has 49 valence electrons. The third-order valence-corrected chi connectivity index (χ3v) is 1.44. The van der Waals surface area contributed by atoms with Crippen LogP contribution in [0, 0.1) is 12.8 Å². The molecule has 0 spiro atoms. The van der Waals surface area contributed by atoms with Crippen molar-refractivity contribution in [1.29, 1.82) is 0 Å². The third kappa shape index (κ3) is 2.28. The average Bonchev–Trinajstić information content (AvgIpc) is 1.64. The van der Waals surface area contributed by atoms with Gasteiger partial charge in [0.05, 0.1) is 6.10 Å². The van der Waals surface area contributed by atoms with Gasteiger partial charge in [0.1, 0.15) is 0 Å². The maximum atomic E-state index is 8.87. The molecular weight excluding hydrogens is 102 g/mol. The van der Waals surface area contributed by atoms with Crippen LogP contribution in [0.25, 0.3) is 0 Å². The fourth-order valence-electron chi connectivity index (χ4n) is 0.358. The van der Waals surface area contributed by atoms with Crippen molar-refractivity contribution in [3.63, 3.8) is 0 Å². The maximum absolute atomic E-state index is 8.87. The lowest BCUT2D eigenvalue weighted by atomic mass is 9.99. The first-order valence-electron chi connectivity index (χ1n) is 2.82. The predicted molar refractivity (Wildman–Crippen MR) is 34.2 cm³/mol. The van der Waals surface area contributed by atoms with E-state index in [-0.39, 0.29) is 18.1 Å². The third-order valence-electron chi connectivity index (χ3n) is 1.44. The zero-order valence-electron chi connectivity index (χ0n) is 5.46. The molecule has 3 atom stereocenters. The van der Waals surface area contributed by atoms with Crippen LogP contribution < -0.4 is 5.73 Å². The average molecular weight is 116 g/mol. The summed E-state index contributed by atoms with van der Waals surface area (Å²) >= 11 is 0. The number of rotatable bonds is 2. The Bertz CT molecular complexity index is 53.5. The Morgan fingerprint density at radius 2 is 1.88 bits per heavy atom. The Balaban J connectivity index is 3.46. The molecule has 0 aliphatic heterocycles. The lowest BCUT2D eigenvalue weighted by Crippen LogP contribution is -2.31. The number of nitrogens with two attached hydrogens (primary N) is 1. The van der Waals surface area contributed by atoms with Crippen molar-refractivity contribution >= 4 is 0 Å². The van der Waals surface area contributed by atoms with Crippen molar-refractivity contribution < 1.29 is 5.11 Å². The van der Waals surface area contributed by atoms with Crippen LogP contribution in [0.5, 0.6) is 0 Å². The second-order valence-electron chi connectivity index (χ2n) is 2.26. The fourth-order valence-corrected chi connectivity index (χ4v) is 0.358. The van der Waals surface area contributed by atoms with Crippen molar-refractivity contribution in [3.05, 3.63) is 6.92 Å². The Kier molecular flexibility index (Phi) is 3.02. The van der Waals surface area contributed by atoms with E-state index in [2.05, 4.69) is 6.92 Å². The highest BCUT2D eigenvalue weighted by Crippen LogP contribution is 2.03. The number of aliphatic hydroxyl groups is 1. The summed E-state index contributed by atoms with van der Waals surface area (Å²) in [5.41, 5.74) is 5.37. The van der Waals surface area contributed by atoms with Gasteiger partial charge in [0.2, 0.25) is 0 Å². The van der Waals surface area contributed by atoms with Crippen LogP contribution in [0.3, 0.4) is 0 Å². The Labute approximate surface area is 50.7 Å². The molecule has 0 bridgehead atoms. The standard InChI is InChI=1S/C6H14NO/c1-4(5(2)7)6(3)8/h4-6,8H,2,7H2,1,3H3. The van der Waals surface area contributed by atoms with Crippen LogP contribution in [0.4, 0.5) is 0 Å². The van der Waals surface area contributed by atoms with E-state index >= 15 is 0 Å². The molecule has 0 saturated heterocycles. The molecule has 3 unspecified atom stereocenters. The fraction of sp³-hybridized carbons (Fsp3) is 0.833. The van der Waals surface area contributed by atoms with E-state index in [9.17, 15) is 0 Å². The van der Waals surface area contributed by atoms with E-state index in [1.54, 1.807) is 6.92 Å². The van der Waals surface area contributed by atoms with Crippen LogP contribution in [-0.2, 0) is 0 Å². The first-order valence-corrected chi connectivity index (χ1v) is 2.82. The second kappa shape index (κ2) is 3.05. The number of aliphatic hydroxyl groups excluding tert-OH is 1. The van der Waals surface area contributed by atoms with Crippen LogP contribution in [0.1, 0.15) is 13.8 Å². The monoisotopic (exact) mass is 116 g/mol. The molecule has 0 aromatic rings. The molecule has 0 aliphatic carbocycles. The second-order valence-corrected chi connectivity index (χ2v) is 2.26. The molecule has 0 saturated carbocycles. The van der Waals surface area contributed by atoms with Crippen molar-refractivity contribution in [2.75, 3.05) is 0 Å². The van der Waals surface area contributed by atoms with E-state index < -0.39 is 0 Å². The lowest BCUT2D eigenvalue weighted by Gasteiger charge is -2.17. The molecule has 1 radical (unpaired) electrons. The molecule has 0 rings (SSSR count). The summed E-state index contributed by atoms with van der Waals surface area (Å²) in [6.45, 7) is 7.17. The first-order chi connectivity index (χ1) is 3.55. The Morgan fingerprint density at radius 1 is 1.50 bits per heavy atom. The van der Waals surface area contributed by atoms with Crippen LogP contribution in [0.2, 0.25) is 0 Å². The summed E-state index contributed by atoms with van der Waals surface area (Å²) in [6, 6.07) is -0.157. The largest absolute Gasteiger partial charge is 0.393 e. The van der Waals surface area contributed by atoms with Gasteiger partial charge < -0.3 is 10.8 Å². The van der Waals surface area contributed by atoms with Crippen LogP contribution in [-0.4, -0.2) is 17.3 Å². The molecule has 0 aliphatic rings. The molecule has 2 nitrogen and oxygen atoms in total. The maximum Gasteiger partial charge on any atom is 0.0552 e. The van der Waals surface area contributed by atoms with Gasteiger partial charge in [-0.05, 0) is 19.8 Å². The van der Waals surface area contributed by atoms with E-state index in [0.29, 0.717) is 0 Å². The summed E-state index contributed by atoms with van der Waals surface area (Å²) in [4.78, 5) is 0. The number of hydrogen-bond donors (Lipinski definition) is 2. The molecular formula is C6H14NO. The molecule has 0 amide bonds. The minimum atomic E-state index is -0.345. The Morgan fingerprint density at radius 3 is 1.88 bits per heavy atom. The smallest absolute Gasteiger partial charge is 0.0552 e. The van der Waals surface area contributed by atoms with Crippen LogP contribution in [0.15, 0.2) is 0 Å². The van der Waals surface area contributed by atoms with Crippen molar-refractivity contribution in [3.8, 4) is 0 Å². The lowest BCUT2D eigenvalue weighted by molar-refractivity contribution is 0.128. The summed E-state index contributed by atoms with van der Waals surface area (Å²) in [7, 11) is 0. The molecule has 0 heterocycles. The van der Waals surface area contributed by atoms with E-state index in [0.717, 1.165) is 0 Å². The van der Waals surface area contributed by atoms with Gasteiger partial charge in [-0.1, -0.05) is 6.92 Å². The van der Waals surface area contributed by atoms with Gasteiger partial charge in [-0.3, -0.25) is 0 Å². The normalized spacial score (nSPS) is 22.1. The quantitative estimate of drug-likeness (QED) is 0.540. The first kappa shape index (κ1) is 7.92. The summed E-state index contributed by atoms with van der Waals surface area (Å²) in [5.74, 6) is 0.0926. The number of hydrogen-bond acceptors (Lipinski definition) is 2. The van der Waals surface area contributed by atoms with Crippen LogP contribution >= 0.6 is 0 Å². The highest BCUT2D eigenvalue weighted by Gasteiger charge is 2.12. The van der Waals surface area contributed by atoms with E-state index in [1.807, 2.05) is 6.92 Å². The highest BCUT2D eigenvalue weighted by molar-refractivity contribution is 4.74. The molecule has 3 N–H and O–H groups in total. The summed E-state index contributed by atoms with van der Waals surface area (Å²) in [5, 5.41) is 8.87. The van der Waals surface area contributed by atoms with E-state index in [4.69, 9.17) is 10.8 Å². The molecule has 2 heteroatoms. The Hall–Kier alpha value is -0.0800. The van der Waals surface area contributed by atoms with Crippen molar-refractivity contribution in [1.82, 2.24) is 0 Å². The topological polar surface area (TPSA) is 46.2 Å². The molecule has 0 fully saturated rings. The van der Waals surface area contributed by atoms with Gasteiger partial charge in [-0.2, -0.15) is 0 Å². The van der Waals surface area contributed by atoms with Gasteiger partial charge in [0, 0.05) is 6.04 Å². The van der Waals surface area contributed by atoms with E-state index in [1.165, 1.54) is 0 Å². The van der Waals surface area contributed by atoms with Crippen molar-refractivity contribution in [2.45, 2.75) is 26.0 Å². The molecule has 8 heavy (non-hydrogen) atoms. The summed E-state index contributed by atoms with van der Waals surface area (Å²) < 4.78 is 0. The zero-order valence-corrected chi connectivity index (χ0v) is 5.46. The van der Waals surface area contributed by atoms with Gasteiger partial charge in [0.25, 0.3) is 0 Å². The SMILES string of the molecule is [CH2]C(N)C(C)C(C)O. The summed E-state index contributed by atoms with van der Waals surface area (Å²) in [6.07, 6.45) is -0.345. The minimum absolute atomic E-state index is 0.0926. The van der Waals surface area contributed by atoms with Gasteiger partial charge in [-0.15, -0.1) is 0 Å². The van der Waals surface area contributed by atoms with Gasteiger partial charge in [-0.25, -0.2) is 0 Å². The molecule has 0 aromatic heterocycles.